The third-order valence-corrected chi connectivity index (χ3v) is 7.23. The van der Waals surface area contributed by atoms with E-state index < -0.39 is 59.8 Å². The van der Waals surface area contributed by atoms with Crippen molar-refractivity contribution in [3.63, 3.8) is 0 Å². The number of benzene rings is 1. The van der Waals surface area contributed by atoms with Crippen LogP contribution in [0.2, 0.25) is 0 Å². The van der Waals surface area contributed by atoms with Crippen LogP contribution in [0.1, 0.15) is 50.0 Å². The van der Waals surface area contributed by atoms with Gasteiger partial charge in [-0.15, -0.1) is 0 Å². The molecule has 2 unspecified atom stereocenters. The number of nitrogens with zero attached hydrogens (tertiary/aromatic N) is 1. The predicted molar refractivity (Wildman–Crippen MR) is 143 cm³/mol. The van der Waals surface area contributed by atoms with Gasteiger partial charge in [0.2, 0.25) is 17.7 Å². The third kappa shape index (κ3) is 7.32. The molecule has 0 saturated carbocycles. The largest absolute Gasteiger partial charge is 0.507 e. The number of aromatic hydroxyl groups is 1. The fourth-order valence-corrected chi connectivity index (χ4v) is 4.49. The van der Waals surface area contributed by atoms with Crippen molar-refractivity contribution in [3.05, 3.63) is 59.9 Å². The van der Waals surface area contributed by atoms with Gasteiger partial charge in [-0.3, -0.25) is 24.2 Å². The number of rotatable bonds is 6. The summed E-state index contributed by atoms with van der Waals surface area (Å²) in [5.41, 5.74) is 0.676. The Bertz CT molecular complexity index is 1180. The second-order valence-corrected chi connectivity index (χ2v) is 10.1. The van der Waals surface area contributed by atoms with Gasteiger partial charge in [0.1, 0.15) is 17.8 Å². The molecule has 2 heterocycles. The number of aromatic nitrogens is 1. The van der Waals surface area contributed by atoms with Crippen molar-refractivity contribution < 1.29 is 29.4 Å². The molecule has 1 aromatic heterocycles. The maximum atomic E-state index is 13.6. The number of carbonyl (C=O) groups excluding carboxylic acids is 4. The molecule has 1 aromatic carbocycles. The zero-order valence-corrected chi connectivity index (χ0v) is 22.5. The van der Waals surface area contributed by atoms with Crippen LogP contribution < -0.4 is 21.3 Å². The fraction of sp³-hybridized carbons (Fsp3) is 0.464. The lowest BCUT2D eigenvalue weighted by atomic mass is 9.90. The Kier molecular flexibility index (Phi) is 10.00. The van der Waals surface area contributed by atoms with Crippen molar-refractivity contribution in [2.45, 2.75) is 70.8 Å². The fourth-order valence-electron chi connectivity index (χ4n) is 4.49. The highest BCUT2D eigenvalue weighted by molar-refractivity contribution is 6.00. The summed E-state index contributed by atoms with van der Waals surface area (Å²) < 4.78 is 0. The minimum atomic E-state index is -1.32. The molecule has 1 aliphatic rings. The monoisotopic (exact) mass is 539 g/mol. The lowest BCUT2D eigenvalue weighted by molar-refractivity contribution is -0.137. The van der Waals surface area contributed by atoms with Crippen LogP contribution in [0.15, 0.2) is 48.8 Å². The van der Waals surface area contributed by atoms with Crippen LogP contribution in [0.4, 0.5) is 0 Å². The number of carbonyl (C=O) groups is 4. The number of phenolic OH excluding ortho intramolecular Hbond substituents is 1. The molecule has 0 spiro atoms. The van der Waals surface area contributed by atoms with Crippen molar-refractivity contribution in [1.82, 2.24) is 26.3 Å². The van der Waals surface area contributed by atoms with E-state index in [-0.39, 0.29) is 23.7 Å². The van der Waals surface area contributed by atoms with Crippen LogP contribution in [-0.4, -0.2) is 69.1 Å². The Labute approximate surface area is 227 Å². The van der Waals surface area contributed by atoms with Gasteiger partial charge in [0, 0.05) is 12.4 Å². The van der Waals surface area contributed by atoms with Crippen molar-refractivity contribution >= 4 is 23.6 Å². The van der Waals surface area contributed by atoms with E-state index >= 15 is 0 Å². The molecule has 6 N–H and O–H groups in total. The van der Waals surface area contributed by atoms with Crippen LogP contribution in [0.5, 0.6) is 5.75 Å². The number of pyridine rings is 1. The van der Waals surface area contributed by atoms with E-state index in [2.05, 4.69) is 26.3 Å². The van der Waals surface area contributed by atoms with Gasteiger partial charge in [-0.05, 0) is 43.0 Å². The zero-order valence-electron chi connectivity index (χ0n) is 22.5. The lowest BCUT2D eigenvalue weighted by Gasteiger charge is -2.35. The minimum Gasteiger partial charge on any atom is -0.507 e. The molecule has 1 fully saturated rings. The quantitative estimate of drug-likeness (QED) is 0.313. The Balaban J connectivity index is 2.00. The molecule has 2 aromatic rings. The van der Waals surface area contributed by atoms with Crippen LogP contribution in [0, 0.1) is 11.8 Å². The first-order valence-corrected chi connectivity index (χ1v) is 13.1. The van der Waals surface area contributed by atoms with Gasteiger partial charge < -0.3 is 31.5 Å². The van der Waals surface area contributed by atoms with E-state index in [0.717, 1.165) is 5.56 Å². The van der Waals surface area contributed by atoms with Crippen molar-refractivity contribution in [2.75, 3.05) is 0 Å². The van der Waals surface area contributed by atoms with Crippen LogP contribution >= 0.6 is 0 Å². The van der Waals surface area contributed by atoms with Gasteiger partial charge in [-0.2, -0.15) is 0 Å². The van der Waals surface area contributed by atoms with E-state index in [1.807, 2.05) is 13.8 Å². The van der Waals surface area contributed by atoms with Crippen LogP contribution in [-0.2, 0) is 20.8 Å². The van der Waals surface area contributed by atoms with E-state index in [4.69, 9.17) is 0 Å². The van der Waals surface area contributed by atoms with Crippen molar-refractivity contribution in [1.29, 1.82) is 0 Å². The normalized spacial score (nSPS) is 27.2. The molecule has 4 amide bonds. The highest BCUT2D eigenvalue weighted by Gasteiger charge is 2.39. The molecule has 0 radical (unpaired) electrons. The maximum Gasteiger partial charge on any atom is 0.255 e. The Morgan fingerprint density at radius 1 is 1.03 bits per heavy atom. The number of hydrogen-bond acceptors (Lipinski definition) is 7. The number of hydrogen-bond donors (Lipinski definition) is 6. The van der Waals surface area contributed by atoms with Gasteiger partial charge in [0.05, 0.1) is 29.7 Å². The smallest absolute Gasteiger partial charge is 0.255 e. The molecule has 11 heteroatoms. The van der Waals surface area contributed by atoms with Gasteiger partial charge >= 0.3 is 0 Å². The summed E-state index contributed by atoms with van der Waals surface area (Å²) in [7, 11) is 0. The van der Waals surface area contributed by atoms with Crippen molar-refractivity contribution in [3.8, 4) is 5.75 Å². The first kappa shape index (κ1) is 29.6. The molecule has 210 valence electrons. The topological polar surface area (TPSA) is 170 Å². The van der Waals surface area contributed by atoms with E-state index in [0.29, 0.717) is 6.42 Å². The summed E-state index contributed by atoms with van der Waals surface area (Å²) in [6, 6.07) is 5.37. The van der Waals surface area contributed by atoms with E-state index in [9.17, 15) is 29.4 Å². The first-order chi connectivity index (χ1) is 18.5. The first-order valence-electron chi connectivity index (χ1n) is 13.1. The number of aliphatic hydroxyl groups is 1. The van der Waals surface area contributed by atoms with Gasteiger partial charge in [-0.25, -0.2) is 0 Å². The standard InChI is InChI=1S/C28H37N5O6/c1-5-15(2)22-27(38)30-17(4)23(33-26(37)19-10-6-7-11-21(19)34)28(39)31-20(13-18-9-8-12-29-14-18)24(35)16(3)25(36)32-22/h6-12,14-17,20,22-24,34-35H,5,13H2,1-4H3,(H,30,38)(H,31,39)(H,32,36)(H,33,37)/t15?,16-,17-,20+,22?,23+,24+/m1/s1. The molecule has 11 nitrogen and oxygen atoms in total. The second kappa shape index (κ2) is 13.2. The second-order valence-electron chi connectivity index (χ2n) is 10.1. The van der Waals surface area contributed by atoms with Crippen LogP contribution in [0.25, 0.3) is 0 Å². The number of amides is 4. The number of nitrogens with one attached hydrogen (secondary N) is 4. The summed E-state index contributed by atoms with van der Waals surface area (Å²) in [5.74, 6) is -3.92. The summed E-state index contributed by atoms with van der Waals surface area (Å²) in [5, 5.41) is 32.3. The molecule has 0 aliphatic carbocycles. The number of para-hydroxylation sites is 1. The number of phenols is 1. The summed E-state index contributed by atoms with van der Waals surface area (Å²) in [6.45, 7) is 6.79. The average molecular weight is 540 g/mol. The molecular weight excluding hydrogens is 502 g/mol. The minimum absolute atomic E-state index is 0.0414. The Morgan fingerprint density at radius 2 is 1.74 bits per heavy atom. The molecule has 7 atom stereocenters. The molecule has 39 heavy (non-hydrogen) atoms. The van der Waals surface area contributed by atoms with Crippen molar-refractivity contribution in [2.24, 2.45) is 11.8 Å². The molecule has 0 bridgehead atoms. The molecular formula is C28H37N5O6. The summed E-state index contributed by atoms with van der Waals surface area (Å²) in [6.07, 6.45) is 2.62. The van der Waals surface area contributed by atoms with Gasteiger partial charge in [0.25, 0.3) is 5.91 Å². The predicted octanol–water partition coefficient (Wildman–Crippen LogP) is 0.659. The SMILES string of the molecule is CCC(C)C1NC(=O)[C@H](C)[C@H](O)[C@H](Cc2cccnc2)NC(=O)[C@@H](NC(=O)c2ccccc2O)[C@@H](C)NC1=O. The zero-order chi connectivity index (χ0) is 28.7. The molecule has 1 saturated heterocycles. The Morgan fingerprint density at radius 3 is 2.38 bits per heavy atom. The summed E-state index contributed by atoms with van der Waals surface area (Å²) in [4.78, 5) is 57.2. The molecule has 3 rings (SSSR count). The summed E-state index contributed by atoms with van der Waals surface area (Å²) >= 11 is 0. The highest BCUT2D eigenvalue weighted by atomic mass is 16.3. The highest BCUT2D eigenvalue weighted by Crippen LogP contribution is 2.18. The van der Waals surface area contributed by atoms with Gasteiger partial charge in [-0.1, -0.05) is 45.4 Å². The average Bonchev–Trinajstić information content (AvgIpc) is 2.92. The van der Waals surface area contributed by atoms with Crippen LogP contribution in [0.3, 0.4) is 0 Å². The van der Waals surface area contributed by atoms with E-state index in [1.54, 1.807) is 43.6 Å². The maximum absolute atomic E-state index is 13.6. The van der Waals surface area contributed by atoms with E-state index in [1.165, 1.54) is 19.1 Å². The lowest BCUT2D eigenvalue weighted by Crippen LogP contribution is -2.64. The molecule has 1 aliphatic heterocycles. The third-order valence-electron chi connectivity index (χ3n) is 7.23. The van der Waals surface area contributed by atoms with Gasteiger partial charge in [0.15, 0.2) is 0 Å². The number of aliphatic hydroxyl groups excluding tert-OH is 1. The Hall–Kier alpha value is -3.99.